The summed E-state index contributed by atoms with van der Waals surface area (Å²) in [4.78, 5) is 4.69. The van der Waals surface area contributed by atoms with Crippen molar-refractivity contribution in [2.45, 2.75) is 25.8 Å². The maximum atomic E-state index is 4.69. The van der Waals surface area contributed by atoms with Gasteiger partial charge in [-0.15, -0.1) is 11.3 Å². The fraction of sp³-hybridized carbons (Fsp3) is 0.727. The third-order valence-corrected chi connectivity index (χ3v) is 5.05. The van der Waals surface area contributed by atoms with Gasteiger partial charge in [0.1, 0.15) is 0 Å². The minimum Gasteiger partial charge on any atom is -0.312 e. The summed E-state index contributed by atoms with van der Waals surface area (Å²) in [6.07, 6.45) is 2.56. The van der Waals surface area contributed by atoms with E-state index in [-0.39, 0.29) is 0 Å². The zero-order valence-electron chi connectivity index (χ0n) is 9.32. The Kier molecular flexibility index (Phi) is 4.05. The van der Waals surface area contributed by atoms with Crippen molar-refractivity contribution in [3.8, 4) is 0 Å². The van der Waals surface area contributed by atoms with E-state index < -0.39 is 0 Å². The van der Waals surface area contributed by atoms with Crippen LogP contribution in [-0.4, -0.2) is 23.5 Å². The normalized spacial score (nSPS) is 23.2. The highest BCUT2D eigenvalue weighted by Gasteiger charge is 2.18. The van der Waals surface area contributed by atoms with Gasteiger partial charge >= 0.3 is 0 Å². The molecule has 1 aliphatic heterocycles. The summed E-state index contributed by atoms with van der Waals surface area (Å²) < 4.78 is 0. The number of aromatic nitrogens is 1. The van der Waals surface area contributed by atoms with Crippen LogP contribution < -0.4 is 5.32 Å². The highest BCUT2D eigenvalue weighted by atomic mass is 32.2. The third-order valence-electron chi connectivity index (χ3n) is 2.93. The van der Waals surface area contributed by atoms with Gasteiger partial charge in [0.05, 0.1) is 10.7 Å². The van der Waals surface area contributed by atoms with Crippen LogP contribution in [0.2, 0.25) is 0 Å². The molecular weight excluding hydrogens is 224 g/mol. The largest absolute Gasteiger partial charge is 0.312 e. The third kappa shape index (κ3) is 2.95. The van der Waals surface area contributed by atoms with Crippen molar-refractivity contribution in [1.82, 2.24) is 10.3 Å². The van der Waals surface area contributed by atoms with Gasteiger partial charge in [0.25, 0.3) is 0 Å². The van der Waals surface area contributed by atoms with Crippen molar-refractivity contribution in [2.75, 3.05) is 18.6 Å². The van der Waals surface area contributed by atoms with Crippen molar-refractivity contribution < 1.29 is 0 Å². The second kappa shape index (κ2) is 5.32. The lowest BCUT2D eigenvalue weighted by Gasteiger charge is -2.06. The topological polar surface area (TPSA) is 24.9 Å². The Hall–Kier alpha value is -0.0600. The smallest absolute Gasteiger partial charge is 0.0932 e. The molecule has 0 bridgehead atoms. The number of thiazole rings is 1. The Bertz CT molecular complexity index is 305. The second-order valence-corrected chi connectivity index (χ2v) is 6.20. The van der Waals surface area contributed by atoms with Crippen LogP contribution >= 0.6 is 23.1 Å². The summed E-state index contributed by atoms with van der Waals surface area (Å²) in [5.41, 5.74) is 1.20. The Morgan fingerprint density at radius 2 is 2.53 bits per heavy atom. The van der Waals surface area contributed by atoms with Crippen molar-refractivity contribution in [3.63, 3.8) is 0 Å². The first-order chi connectivity index (χ1) is 7.29. The zero-order chi connectivity index (χ0) is 10.7. The summed E-state index contributed by atoms with van der Waals surface area (Å²) in [6, 6.07) is 0.382. The van der Waals surface area contributed by atoms with Gasteiger partial charge in [0.15, 0.2) is 0 Å². The van der Waals surface area contributed by atoms with E-state index in [1.54, 1.807) is 0 Å². The molecule has 0 aliphatic carbocycles. The van der Waals surface area contributed by atoms with Crippen LogP contribution in [0.1, 0.15) is 30.1 Å². The Morgan fingerprint density at radius 1 is 1.67 bits per heavy atom. The Labute approximate surface area is 99.9 Å². The molecule has 84 valence electrons. The maximum absolute atomic E-state index is 4.69. The van der Waals surface area contributed by atoms with Crippen LogP contribution in [0.4, 0.5) is 0 Å². The summed E-state index contributed by atoms with van der Waals surface area (Å²) in [5.74, 6) is 3.55. The molecule has 0 amide bonds. The predicted molar refractivity (Wildman–Crippen MR) is 68.7 cm³/mol. The molecule has 0 saturated carbocycles. The van der Waals surface area contributed by atoms with Gasteiger partial charge < -0.3 is 5.32 Å². The first-order valence-electron chi connectivity index (χ1n) is 5.49. The molecule has 2 atom stereocenters. The van der Waals surface area contributed by atoms with E-state index >= 15 is 0 Å². The van der Waals surface area contributed by atoms with Crippen LogP contribution in [0.5, 0.6) is 0 Å². The van der Waals surface area contributed by atoms with E-state index in [1.165, 1.54) is 35.0 Å². The summed E-state index contributed by atoms with van der Waals surface area (Å²) in [6.45, 7) is 2.16. The molecule has 2 nitrogen and oxygen atoms in total. The molecule has 0 radical (unpaired) electrons. The van der Waals surface area contributed by atoms with Crippen molar-refractivity contribution in [1.29, 1.82) is 0 Å². The monoisotopic (exact) mass is 242 g/mol. The molecule has 15 heavy (non-hydrogen) atoms. The maximum Gasteiger partial charge on any atom is 0.0932 e. The lowest BCUT2D eigenvalue weighted by atomic mass is 10.1. The van der Waals surface area contributed by atoms with E-state index in [1.807, 2.05) is 18.4 Å². The van der Waals surface area contributed by atoms with Crippen LogP contribution in [0, 0.1) is 5.92 Å². The molecule has 2 heterocycles. The number of nitrogens with zero attached hydrogens (tertiary/aromatic N) is 1. The number of hydrogen-bond acceptors (Lipinski definition) is 4. The summed E-state index contributed by atoms with van der Waals surface area (Å²) in [7, 11) is 1.98. The van der Waals surface area contributed by atoms with Crippen LogP contribution in [0.3, 0.4) is 0 Å². The highest BCUT2D eigenvalue weighted by molar-refractivity contribution is 7.99. The quantitative estimate of drug-likeness (QED) is 0.879. The number of hydrogen-bond donors (Lipinski definition) is 1. The fourth-order valence-corrected chi connectivity index (χ4v) is 4.05. The Morgan fingerprint density at radius 3 is 3.20 bits per heavy atom. The molecule has 0 aromatic carbocycles. The van der Waals surface area contributed by atoms with E-state index in [4.69, 9.17) is 4.98 Å². The molecule has 1 aromatic rings. The molecule has 1 aromatic heterocycles. The molecule has 1 aliphatic rings. The van der Waals surface area contributed by atoms with Gasteiger partial charge in [0.2, 0.25) is 0 Å². The van der Waals surface area contributed by atoms with Crippen molar-refractivity contribution in [3.05, 3.63) is 16.1 Å². The van der Waals surface area contributed by atoms with Gasteiger partial charge in [0, 0.05) is 17.8 Å². The SMILES string of the molecule is CNC(C)c1csc(CC2CCSC2)n1. The minimum absolute atomic E-state index is 0.382. The van der Waals surface area contributed by atoms with Gasteiger partial charge in [-0.3, -0.25) is 0 Å². The lowest BCUT2D eigenvalue weighted by Crippen LogP contribution is -2.12. The molecule has 0 spiro atoms. The van der Waals surface area contributed by atoms with Gasteiger partial charge in [-0.05, 0) is 37.8 Å². The first-order valence-corrected chi connectivity index (χ1v) is 7.52. The van der Waals surface area contributed by atoms with Crippen LogP contribution in [-0.2, 0) is 6.42 Å². The molecule has 4 heteroatoms. The fourth-order valence-electron chi connectivity index (χ4n) is 1.76. The summed E-state index contributed by atoms with van der Waals surface area (Å²) >= 11 is 3.90. The summed E-state index contributed by atoms with van der Waals surface area (Å²) in [5, 5.41) is 6.74. The van der Waals surface area contributed by atoms with Gasteiger partial charge in [-0.2, -0.15) is 11.8 Å². The molecule has 2 rings (SSSR count). The molecule has 1 saturated heterocycles. The van der Waals surface area contributed by atoms with E-state index in [0.29, 0.717) is 6.04 Å². The second-order valence-electron chi connectivity index (χ2n) is 4.11. The van der Waals surface area contributed by atoms with E-state index in [9.17, 15) is 0 Å². The molecular formula is C11H18N2S2. The number of rotatable bonds is 4. The first kappa shape index (κ1) is 11.4. The molecule has 2 unspecified atom stereocenters. The molecule has 1 fully saturated rings. The van der Waals surface area contributed by atoms with Crippen molar-refractivity contribution >= 4 is 23.1 Å². The average Bonchev–Trinajstić information content (AvgIpc) is 2.88. The van der Waals surface area contributed by atoms with Gasteiger partial charge in [-0.1, -0.05) is 0 Å². The van der Waals surface area contributed by atoms with E-state index in [2.05, 4.69) is 29.4 Å². The predicted octanol–water partition coefficient (Wildman–Crippen LogP) is 2.72. The minimum atomic E-state index is 0.382. The van der Waals surface area contributed by atoms with E-state index in [0.717, 1.165) is 5.92 Å². The van der Waals surface area contributed by atoms with Crippen LogP contribution in [0.25, 0.3) is 0 Å². The molecule has 1 N–H and O–H groups in total. The number of thioether (sulfide) groups is 1. The lowest BCUT2D eigenvalue weighted by molar-refractivity contribution is 0.586. The average molecular weight is 242 g/mol. The number of nitrogens with one attached hydrogen (secondary N) is 1. The highest BCUT2D eigenvalue weighted by Crippen LogP contribution is 2.28. The zero-order valence-corrected chi connectivity index (χ0v) is 11.0. The van der Waals surface area contributed by atoms with Gasteiger partial charge in [-0.25, -0.2) is 4.98 Å². The standard InChI is InChI=1S/C11H18N2S2/c1-8(12-2)10-7-15-11(13-10)5-9-3-4-14-6-9/h7-9,12H,3-6H2,1-2H3. The van der Waals surface area contributed by atoms with Crippen molar-refractivity contribution in [2.24, 2.45) is 5.92 Å². The Balaban J connectivity index is 1.94. The van der Waals surface area contributed by atoms with Crippen LogP contribution in [0.15, 0.2) is 5.38 Å².